The second kappa shape index (κ2) is 11.5. The topological polar surface area (TPSA) is 41.5 Å². The Morgan fingerprint density at radius 1 is 1.19 bits per heavy atom. The van der Waals surface area contributed by atoms with Crippen molar-refractivity contribution in [3.8, 4) is 0 Å². The fourth-order valence-electron chi connectivity index (χ4n) is 2.06. The molecule has 1 aromatic carbocycles. The number of carbonyl (C=O) groups excluding carboxylic acids is 1. The molecule has 0 spiro atoms. The zero-order valence-electron chi connectivity index (χ0n) is 12.8. The van der Waals surface area contributed by atoms with Gasteiger partial charge in [-0.1, -0.05) is 73.5 Å². The highest BCUT2D eigenvalue weighted by Gasteiger charge is 1.99. The van der Waals surface area contributed by atoms with Gasteiger partial charge in [0, 0.05) is 10.9 Å². The lowest BCUT2D eigenvalue weighted by Gasteiger charge is -2.01. The molecular weight excluding hydrogens is 328 g/mol. The summed E-state index contributed by atoms with van der Waals surface area (Å²) in [5.74, 6) is -0.00481. The summed E-state index contributed by atoms with van der Waals surface area (Å²) in [6.45, 7) is 2.22. The zero-order chi connectivity index (χ0) is 15.3. The van der Waals surface area contributed by atoms with Gasteiger partial charge in [-0.25, -0.2) is 5.43 Å². The summed E-state index contributed by atoms with van der Waals surface area (Å²) in [4.78, 5) is 11.6. The Bertz CT molecular complexity index is 446. The van der Waals surface area contributed by atoms with Gasteiger partial charge in [0.1, 0.15) is 0 Å². The van der Waals surface area contributed by atoms with Gasteiger partial charge in [0.25, 0.3) is 0 Å². The van der Waals surface area contributed by atoms with Crippen LogP contribution in [-0.2, 0) is 4.79 Å². The first-order valence-corrected chi connectivity index (χ1v) is 8.59. The number of hydrogen-bond acceptors (Lipinski definition) is 2. The second-order valence-corrected chi connectivity index (χ2v) is 6.14. The monoisotopic (exact) mass is 352 g/mol. The number of carbonyl (C=O) groups is 1. The van der Waals surface area contributed by atoms with E-state index in [1.54, 1.807) is 6.21 Å². The summed E-state index contributed by atoms with van der Waals surface area (Å²) in [6, 6.07) is 7.78. The number of rotatable bonds is 10. The van der Waals surface area contributed by atoms with Crippen LogP contribution in [-0.4, -0.2) is 12.1 Å². The van der Waals surface area contributed by atoms with Crippen LogP contribution in [0.15, 0.2) is 33.8 Å². The van der Waals surface area contributed by atoms with Crippen LogP contribution >= 0.6 is 15.9 Å². The van der Waals surface area contributed by atoms with E-state index in [1.807, 2.05) is 24.3 Å². The van der Waals surface area contributed by atoms with Crippen molar-refractivity contribution in [2.75, 3.05) is 0 Å². The normalized spacial score (nSPS) is 11.0. The fourth-order valence-corrected chi connectivity index (χ4v) is 2.48. The maximum Gasteiger partial charge on any atom is 0.240 e. The van der Waals surface area contributed by atoms with Gasteiger partial charge in [-0.3, -0.25) is 4.79 Å². The second-order valence-electron chi connectivity index (χ2n) is 5.22. The quantitative estimate of drug-likeness (QED) is 0.357. The largest absolute Gasteiger partial charge is 0.273 e. The molecule has 0 unspecified atom stereocenters. The predicted molar refractivity (Wildman–Crippen MR) is 92.5 cm³/mol. The molecule has 0 heterocycles. The molecule has 0 fully saturated rings. The van der Waals surface area contributed by atoms with Crippen molar-refractivity contribution in [1.82, 2.24) is 5.43 Å². The van der Waals surface area contributed by atoms with Crippen molar-refractivity contribution in [2.24, 2.45) is 5.10 Å². The highest BCUT2D eigenvalue weighted by molar-refractivity contribution is 9.10. The van der Waals surface area contributed by atoms with Crippen molar-refractivity contribution >= 4 is 28.1 Å². The highest BCUT2D eigenvalue weighted by atomic mass is 79.9. The van der Waals surface area contributed by atoms with Crippen molar-refractivity contribution in [3.63, 3.8) is 0 Å². The fraction of sp³-hybridized carbons (Fsp3) is 0.529. The summed E-state index contributed by atoms with van der Waals surface area (Å²) < 4.78 is 1.00. The van der Waals surface area contributed by atoms with Crippen LogP contribution in [0.4, 0.5) is 0 Å². The maximum atomic E-state index is 11.6. The molecule has 1 amide bonds. The first-order valence-electron chi connectivity index (χ1n) is 7.80. The van der Waals surface area contributed by atoms with Crippen LogP contribution in [0.3, 0.4) is 0 Å². The lowest BCUT2D eigenvalue weighted by molar-refractivity contribution is -0.121. The molecule has 1 N–H and O–H groups in total. The van der Waals surface area contributed by atoms with Crippen molar-refractivity contribution < 1.29 is 4.79 Å². The number of amides is 1. The smallest absolute Gasteiger partial charge is 0.240 e. The molecule has 0 saturated heterocycles. The Kier molecular flexibility index (Phi) is 9.79. The van der Waals surface area contributed by atoms with Crippen LogP contribution in [0, 0.1) is 0 Å². The molecule has 0 saturated carbocycles. The van der Waals surface area contributed by atoms with E-state index < -0.39 is 0 Å². The van der Waals surface area contributed by atoms with E-state index in [2.05, 4.69) is 33.4 Å². The van der Waals surface area contributed by atoms with E-state index in [0.717, 1.165) is 22.9 Å². The molecule has 1 aromatic rings. The van der Waals surface area contributed by atoms with Gasteiger partial charge in [0.15, 0.2) is 0 Å². The number of nitrogens with zero attached hydrogens (tertiary/aromatic N) is 1. The highest BCUT2D eigenvalue weighted by Crippen LogP contribution is 2.10. The molecule has 3 nitrogen and oxygen atoms in total. The van der Waals surface area contributed by atoms with Crippen molar-refractivity contribution in [3.05, 3.63) is 34.3 Å². The molecular formula is C17H25BrN2O. The zero-order valence-corrected chi connectivity index (χ0v) is 14.4. The SMILES string of the molecule is CCCCCCCCCC(=O)NN=Cc1cccc(Br)c1. The molecule has 0 aliphatic rings. The van der Waals surface area contributed by atoms with Gasteiger partial charge in [-0.15, -0.1) is 0 Å². The summed E-state index contributed by atoms with van der Waals surface area (Å²) in [6.07, 6.45) is 10.7. The number of nitrogens with one attached hydrogen (secondary N) is 1. The van der Waals surface area contributed by atoms with Gasteiger partial charge >= 0.3 is 0 Å². The molecule has 21 heavy (non-hydrogen) atoms. The first kappa shape index (κ1) is 17.9. The molecule has 0 atom stereocenters. The summed E-state index contributed by atoms with van der Waals surface area (Å²) in [7, 11) is 0. The number of unbranched alkanes of at least 4 members (excludes halogenated alkanes) is 6. The van der Waals surface area contributed by atoms with E-state index in [1.165, 1.54) is 32.1 Å². The van der Waals surface area contributed by atoms with E-state index >= 15 is 0 Å². The van der Waals surface area contributed by atoms with E-state index in [-0.39, 0.29) is 5.91 Å². The lowest BCUT2D eigenvalue weighted by Crippen LogP contribution is -2.16. The first-order chi connectivity index (χ1) is 10.2. The van der Waals surface area contributed by atoms with Gasteiger partial charge in [0.2, 0.25) is 5.91 Å². The van der Waals surface area contributed by atoms with Gasteiger partial charge in [-0.05, 0) is 24.1 Å². The molecule has 1 rings (SSSR count). The standard InChI is InChI=1S/C17H25BrN2O/c1-2-3-4-5-6-7-8-12-17(21)20-19-14-15-10-9-11-16(18)13-15/h9-11,13-14H,2-8,12H2,1H3,(H,20,21). The molecule has 0 aliphatic carbocycles. The third-order valence-electron chi connectivity index (χ3n) is 3.26. The number of hydrogen-bond donors (Lipinski definition) is 1. The summed E-state index contributed by atoms with van der Waals surface area (Å²) in [5.41, 5.74) is 3.54. The molecule has 4 heteroatoms. The van der Waals surface area contributed by atoms with Crippen LogP contribution in [0.2, 0.25) is 0 Å². The predicted octanol–water partition coefficient (Wildman–Crippen LogP) is 5.04. The third kappa shape index (κ3) is 9.40. The van der Waals surface area contributed by atoms with Crippen LogP contribution < -0.4 is 5.43 Å². The number of halogens is 1. The average molecular weight is 353 g/mol. The van der Waals surface area contributed by atoms with E-state index in [9.17, 15) is 4.79 Å². The van der Waals surface area contributed by atoms with Crippen molar-refractivity contribution in [2.45, 2.75) is 58.3 Å². The molecule has 0 aliphatic heterocycles. The molecule has 0 bridgehead atoms. The number of hydrazone groups is 1. The average Bonchev–Trinajstić information content (AvgIpc) is 2.46. The Labute approximate surface area is 136 Å². The Balaban J connectivity index is 2.08. The molecule has 0 aromatic heterocycles. The van der Waals surface area contributed by atoms with Gasteiger partial charge in [-0.2, -0.15) is 5.10 Å². The van der Waals surface area contributed by atoms with E-state index in [0.29, 0.717) is 6.42 Å². The van der Waals surface area contributed by atoms with Gasteiger partial charge < -0.3 is 0 Å². The Morgan fingerprint density at radius 3 is 2.62 bits per heavy atom. The third-order valence-corrected chi connectivity index (χ3v) is 3.75. The Morgan fingerprint density at radius 2 is 1.90 bits per heavy atom. The van der Waals surface area contributed by atoms with E-state index in [4.69, 9.17) is 0 Å². The number of benzene rings is 1. The van der Waals surface area contributed by atoms with Crippen LogP contribution in [0.1, 0.15) is 63.9 Å². The van der Waals surface area contributed by atoms with Crippen molar-refractivity contribution in [1.29, 1.82) is 0 Å². The maximum absolute atomic E-state index is 11.6. The minimum atomic E-state index is -0.00481. The lowest BCUT2D eigenvalue weighted by atomic mass is 10.1. The summed E-state index contributed by atoms with van der Waals surface area (Å²) >= 11 is 3.40. The van der Waals surface area contributed by atoms with Crippen LogP contribution in [0.5, 0.6) is 0 Å². The minimum absolute atomic E-state index is 0.00481. The molecule has 116 valence electrons. The minimum Gasteiger partial charge on any atom is -0.273 e. The summed E-state index contributed by atoms with van der Waals surface area (Å²) in [5, 5.41) is 3.98. The van der Waals surface area contributed by atoms with Gasteiger partial charge in [0.05, 0.1) is 6.21 Å². The van der Waals surface area contributed by atoms with Crippen LogP contribution in [0.25, 0.3) is 0 Å². The Hall–Kier alpha value is -1.16. The molecule has 0 radical (unpaired) electrons.